The molecule has 1 N–H and O–H groups in total. The van der Waals surface area contributed by atoms with Crippen molar-refractivity contribution in [2.24, 2.45) is 0 Å². The summed E-state index contributed by atoms with van der Waals surface area (Å²) in [5.74, 6) is 0. The highest BCUT2D eigenvalue weighted by Gasteiger charge is 2.19. The van der Waals surface area contributed by atoms with Crippen LogP contribution in [0.5, 0.6) is 0 Å². The van der Waals surface area contributed by atoms with E-state index in [2.05, 4.69) is 44.0 Å². The van der Waals surface area contributed by atoms with Gasteiger partial charge in [0.15, 0.2) is 0 Å². The standard InChI is InChI=1S/C14H22BrN3/c1-3-18-14(12(15)10-17-18)13(16-2)9-11-7-5-4-6-8-11/h7,10,13,16H,3-6,8-9H2,1-2H3. The van der Waals surface area contributed by atoms with Crippen molar-refractivity contribution in [3.05, 3.63) is 28.0 Å². The molecule has 0 aromatic carbocycles. The maximum atomic E-state index is 4.41. The highest BCUT2D eigenvalue weighted by Crippen LogP contribution is 2.31. The molecule has 1 aromatic rings. The molecule has 18 heavy (non-hydrogen) atoms. The van der Waals surface area contributed by atoms with Crippen LogP contribution < -0.4 is 5.32 Å². The van der Waals surface area contributed by atoms with E-state index in [1.165, 1.54) is 31.4 Å². The van der Waals surface area contributed by atoms with Crippen molar-refractivity contribution < 1.29 is 0 Å². The van der Waals surface area contributed by atoms with Gasteiger partial charge in [0.25, 0.3) is 0 Å². The third kappa shape index (κ3) is 3.04. The minimum absolute atomic E-state index is 0.353. The smallest absolute Gasteiger partial charge is 0.0698 e. The highest BCUT2D eigenvalue weighted by molar-refractivity contribution is 9.10. The lowest BCUT2D eigenvalue weighted by molar-refractivity contribution is 0.498. The van der Waals surface area contributed by atoms with Crippen molar-refractivity contribution >= 4 is 15.9 Å². The Morgan fingerprint density at radius 2 is 2.33 bits per heavy atom. The fourth-order valence-electron chi connectivity index (χ4n) is 2.66. The molecule has 0 fully saturated rings. The van der Waals surface area contributed by atoms with E-state index in [1.54, 1.807) is 5.57 Å². The summed E-state index contributed by atoms with van der Waals surface area (Å²) in [6.07, 6.45) is 10.6. The molecule has 4 heteroatoms. The van der Waals surface area contributed by atoms with Gasteiger partial charge in [-0.1, -0.05) is 11.6 Å². The maximum absolute atomic E-state index is 4.41. The van der Waals surface area contributed by atoms with Crippen molar-refractivity contribution in [1.29, 1.82) is 0 Å². The normalized spacial score (nSPS) is 17.6. The molecule has 3 nitrogen and oxygen atoms in total. The average molecular weight is 312 g/mol. The zero-order chi connectivity index (χ0) is 13.0. The summed E-state index contributed by atoms with van der Waals surface area (Å²) < 4.78 is 3.19. The van der Waals surface area contributed by atoms with E-state index < -0.39 is 0 Å². The minimum Gasteiger partial charge on any atom is -0.311 e. The average Bonchev–Trinajstić information content (AvgIpc) is 2.78. The second-order valence-electron chi connectivity index (χ2n) is 4.85. The molecule has 2 rings (SSSR count). The number of allylic oxidation sites excluding steroid dienone is 1. The monoisotopic (exact) mass is 311 g/mol. The van der Waals surface area contributed by atoms with Crippen LogP contribution in [0.4, 0.5) is 0 Å². The number of halogens is 1. The molecule has 100 valence electrons. The van der Waals surface area contributed by atoms with E-state index in [9.17, 15) is 0 Å². The van der Waals surface area contributed by atoms with Gasteiger partial charge in [-0.15, -0.1) is 0 Å². The summed E-state index contributed by atoms with van der Waals surface area (Å²) in [4.78, 5) is 0. The molecule has 1 atom stereocenters. The van der Waals surface area contributed by atoms with E-state index in [4.69, 9.17) is 0 Å². The van der Waals surface area contributed by atoms with Gasteiger partial charge in [0.1, 0.15) is 0 Å². The molecule has 1 heterocycles. The predicted molar refractivity (Wildman–Crippen MR) is 78.6 cm³/mol. The fraction of sp³-hybridized carbons (Fsp3) is 0.643. The molecule has 0 spiro atoms. The lowest BCUT2D eigenvalue weighted by atomic mass is 9.93. The van der Waals surface area contributed by atoms with E-state index >= 15 is 0 Å². The number of hydrogen-bond acceptors (Lipinski definition) is 2. The summed E-state index contributed by atoms with van der Waals surface area (Å²) in [7, 11) is 2.04. The summed E-state index contributed by atoms with van der Waals surface area (Å²) in [6, 6.07) is 0.353. The highest BCUT2D eigenvalue weighted by atomic mass is 79.9. The Morgan fingerprint density at radius 3 is 2.94 bits per heavy atom. The molecule has 1 aliphatic rings. The zero-order valence-corrected chi connectivity index (χ0v) is 12.8. The van der Waals surface area contributed by atoms with Crippen LogP contribution >= 0.6 is 15.9 Å². The molecule has 0 amide bonds. The van der Waals surface area contributed by atoms with Crippen LogP contribution in [-0.4, -0.2) is 16.8 Å². The van der Waals surface area contributed by atoms with Crippen LogP contribution in [0.3, 0.4) is 0 Å². The maximum Gasteiger partial charge on any atom is 0.0698 e. The van der Waals surface area contributed by atoms with Gasteiger partial charge in [0, 0.05) is 6.54 Å². The first kappa shape index (κ1) is 13.8. The van der Waals surface area contributed by atoms with Gasteiger partial charge in [0.2, 0.25) is 0 Å². The zero-order valence-electron chi connectivity index (χ0n) is 11.2. The second kappa shape index (κ2) is 6.53. The Bertz CT molecular complexity index is 423. The Kier molecular flexibility index (Phi) is 5.01. The van der Waals surface area contributed by atoms with Gasteiger partial charge in [-0.3, -0.25) is 4.68 Å². The van der Waals surface area contributed by atoms with E-state index in [0.717, 1.165) is 17.4 Å². The molecule has 0 bridgehead atoms. The quantitative estimate of drug-likeness (QED) is 0.838. The number of hydrogen-bond donors (Lipinski definition) is 1. The molecule has 0 radical (unpaired) electrons. The van der Waals surface area contributed by atoms with Crippen LogP contribution in [0.1, 0.15) is 50.8 Å². The molecular formula is C14H22BrN3. The third-order valence-corrected chi connectivity index (χ3v) is 4.27. The van der Waals surface area contributed by atoms with Crippen LogP contribution in [0.15, 0.2) is 22.3 Å². The number of aromatic nitrogens is 2. The Balaban J connectivity index is 2.16. The topological polar surface area (TPSA) is 29.9 Å². The molecule has 1 aliphatic carbocycles. The van der Waals surface area contributed by atoms with Crippen molar-refractivity contribution in [3.8, 4) is 0 Å². The first-order valence-electron chi connectivity index (χ1n) is 6.82. The number of rotatable bonds is 5. The second-order valence-corrected chi connectivity index (χ2v) is 5.70. The van der Waals surface area contributed by atoms with Gasteiger partial charge in [-0.25, -0.2) is 0 Å². The van der Waals surface area contributed by atoms with Gasteiger partial charge >= 0.3 is 0 Å². The molecule has 0 aliphatic heterocycles. The van der Waals surface area contributed by atoms with Crippen molar-refractivity contribution in [3.63, 3.8) is 0 Å². The molecule has 0 saturated carbocycles. The van der Waals surface area contributed by atoms with E-state index in [-0.39, 0.29) is 0 Å². The van der Waals surface area contributed by atoms with Crippen LogP contribution in [0.25, 0.3) is 0 Å². The van der Waals surface area contributed by atoms with Crippen LogP contribution in [0, 0.1) is 0 Å². The Hall–Kier alpha value is -0.610. The Morgan fingerprint density at radius 1 is 1.50 bits per heavy atom. The van der Waals surface area contributed by atoms with E-state index in [1.807, 2.05) is 13.2 Å². The van der Waals surface area contributed by atoms with Gasteiger partial charge in [-0.05, 0) is 62.0 Å². The number of nitrogens with zero attached hydrogens (tertiary/aromatic N) is 2. The first-order chi connectivity index (χ1) is 8.76. The largest absolute Gasteiger partial charge is 0.311 e. The summed E-state index contributed by atoms with van der Waals surface area (Å²) in [5.41, 5.74) is 2.86. The predicted octanol–water partition coefficient (Wildman–Crippen LogP) is 3.82. The molecule has 0 saturated heterocycles. The Labute approximate surface area is 118 Å². The SMILES string of the molecule is CCn1ncc(Br)c1C(CC1=CCCCC1)NC. The summed E-state index contributed by atoms with van der Waals surface area (Å²) >= 11 is 3.62. The summed E-state index contributed by atoms with van der Waals surface area (Å²) in [5, 5.41) is 7.84. The van der Waals surface area contributed by atoms with Crippen molar-refractivity contribution in [2.45, 2.75) is 51.6 Å². The lowest BCUT2D eigenvalue weighted by Gasteiger charge is -2.21. The number of nitrogens with one attached hydrogen (secondary N) is 1. The van der Waals surface area contributed by atoms with Crippen LogP contribution in [-0.2, 0) is 6.54 Å². The first-order valence-corrected chi connectivity index (χ1v) is 7.62. The van der Waals surface area contributed by atoms with Gasteiger partial charge < -0.3 is 5.32 Å². The lowest BCUT2D eigenvalue weighted by Crippen LogP contribution is -2.21. The minimum atomic E-state index is 0.353. The van der Waals surface area contributed by atoms with Gasteiger partial charge in [-0.2, -0.15) is 5.10 Å². The fourth-order valence-corrected chi connectivity index (χ4v) is 3.23. The summed E-state index contributed by atoms with van der Waals surface area (Å²) in [6.45, 7) is 3.05. The molecular weight excluding hydrogens is 290 g/mol. The van der Waals surface area contributed by atoms with Gasteiger partial charge in [0.05, 0.1) is 22.4 Å². The van der Waals surface area contributed by atoms with Crippen LogP contribution in [0.2, 0.25) is 0 Å². The number of aryl methyl sites for hydroxylation is 1. The van der Waals surface area contributed by atoms with E-state index in [0.29, 0.717) is 6.04 Å². The third-order valence-electron chi connectivity index (χ3n) is 3.66. The molecule has 1 unspecified atom stereocenters. The van der Waals surface area contributed by atoms with Crippen molar-refractivity contribution in [2.75, 3.05) is 7.05 Å². The molecule has 1 aromatic heterocycles. The van der Waals surface area contributed by atoms with Crippen molar-refractivity contribution in [1.82, 2.24) is 15.1 Å².